The molecule has 4 nitrogen and oxygen atoms in total. The van der Waals surface area contributed by atoms with Crippen molar-refractivity contribution in [3.63, 3.8) is 0 Å². The van der Waals surface area contributed by atoms with Gasteiger partial charge in [0.25, 0.3) is 5.91 Å². The fourth-order valence-corrected chi connectivity index (χ4v) is 3.68. The number of thioether (sulfide) groups is 1. The molecule has 0 N–H and O–H groups in total. The van der Waals surface area contributed by atoms with Crippen LogP contribution in [0.4, 0.5) is 5.69 Å². The average molecular weight is 366 g/mol. The summed E-state index contributed by atoms with van der Waals surface area (Å²) in [5, 5.41) is 0.421. The van der Waals surface area contributed by atoms with Gasteiger partial charge in [0, 0.05) is 6.08 Å². The molecular weight excluding hydrogens is 354 g/mol. The van der Waals surface area contributed by atoms with Gasteiger partial charge in [0.1, 0.15) is 17.3 Å². The lowest BCUT2D eigenvalue weighted by atomic mass is 10.2. The number of aryl methyl sites for hydroxylation is 1. The topological polar surface area (TPSA) is 42.7 Å². The second-order valence-electron chi connectivity index (χ2n) is 4.78. The first-order valence-corrected chi connectivity index (χ1v) is 8.28. The number of thiocarbonyl (C=S) groups is 1. The van der Waals surface area contributed by atoms with Crippen molar-refractivity contribution in [3.05, 3.63) is 51.8 Å². The number of amides is 1. The molecule has 1 aromatic carbocycles. The number of nitrogens with zero attached hydrogens (tertiary/aromatic N) is 1. The van der Waals surface area contributed by atoms with Crippen molar-refractivity contribution in [3.8, 4) is 5.75 Å². The van der Waals surface area contributed by atoms with Crippen molar-refractivity contribution in [1.29, 1.82) is 0 Å². The predicted molar refractivity (Wildman–Crippen MR) is 97.1 cm³/mol. The molecule has 1 aliphatic heterocycles. The van der Waals surface area contributed by atoms with Crippen molar-refractivity contribution in [1.82, 2.24) is 0 Å². The lowest BCUT2D eigenvalue weighted by Crippen LogP contribution is -2.27. The summed E-state index contributed by atoms with van der Waals surface area (Å²) in [7, 11) is 1.54. The van der Waals surface area contributed by atoms with E-state index in [1.807, 2.05) is 19.1 Å². The Morgan fingerprint density at radius 3 is 2.74 bits per heavy atom. The monoisotopic (exact) mass is 365 g/mol. The Morgan fingerprint density at radius 2 is 2.13 bits per heavy atom. The zero-order valence-electron chi connectivity index (χ0n) is 12.3. The molecule has 1 amide bonds. The molecule has 0 saturated carbocycles. The van der Waals surface area contributed by atoms with Gasteiger partial charge in [0.05, 0.1) is 22.7 Å². The third kappa shape index (κ3) is 3.15. The van der Waals surface area contributed by atoms with Gasteiger partial charge in [-0.25, -0.2) is 0 Å². The Labute approximate surface area is 148 Å². The maximum absolute atomic E-state index is 12.6. The van der Waals surface area contributed by atoms with Gasteiger partial charge >= 0.3 is 0 Å². The fraction of sp³-hybridized carbons (Fsp3) is 0.125. The van der Waals surface area contributed by atoms with Crippen LogP contribution in [0, 0.1) is 6.92 Å². The number of halogens is 1. The summed E-state index contributed by atoms with van der Waals surface area (Å²) in [6.45, 7) is 1.85. The van der Waals surface area contributed by atoms with Gasteiger partial charge in [-0.15, -0.1) is 0 Å². The number of benzene rings is 1. The van der Waals surface area contributed by atoms with Gasteiger partial charge in [-0.3, -0.25) is 9.69 Å². The Kier molecular flexibility index (Phi) is 4.48. The zero-order chi connectivity index (χ0) is 16.6. The number of ether oxygens (including phenoxy) is 1. The molecule has 2 heterocycles. The second kappa shape index (κ2) is 6.39. The minimum atomic E-state index is -0.199. The number of rotatable bonds is 3. The van der Waals surface area contributed by atoms with Crippen LogP contribution in [0.1, 0.15) is 11.5 Å². The van der Waals surface area contributed by atoms with Crippen LogP contribution in [-0.2, 0) is 4.79 Å². The Bertz CT molecular complexity index is 828. The van der Waals surface area contributed by atoms with Crippen LogP contribution in [0.5, 0.6) is 5.75 Å². The highest BCUT2D eigenvalue weighted by Crippen LogP contribution is 2.38. The third-order valence-corrected chi connectivity index (χ3v) is 4.82. The number of hydrogen-bond donors (Lipinski definition) is 0. The molecule has 3 rings (SSSR count). The van der Waals surface area contributed by atoms with E-state index in [-0.39, 0.29) is 5.91 Å². The number of carbonyl (C=O) groups excluding carboxylic acids is 1. The highest BCUT2D eigenvalue weighted by molar-refractivity contribution is 8.27. The zero-order valence-corrected chi connectivity index (χ0v) is 14.7. The van der Waals surface area contributed by atoms with Gasteiger partial charge in [-0.2, -0.15) is 0 Å². The second-order valence-corrected chi connectivity index (χ2v) is 6.87. The van der Waals surface area contributed by atoms with Crippen LogP contribution in [0.3, 0.4) is 0 Å². The molecule has 1 aromatic heterocycles. The van der Waals surface area contributed by atoms with Gasteiger partial charge in [0.15, 0.2) is 4.32 Å². The van der Waals surface area contributed by atoms with Crippen LogP contribution >= 0.6 is 35.6 Å². The molecule has 0 bridgehead atoms. The molecule has 1 fully saturated rings. The van der Waals surface area contributed by atoms with Crippen LogP contribution in [-0.4, -0.2) is 17.3 Å². The summed E-state index contributed by atoms with van der Waals surface area (Å²) < 4.78 is 11.0. The summed E-state index contributed by atoms with van der Waals surface area (Å²) in [4.78, 5) is 14.6. The van der Waals surface area contributed by atoms with Crippen LogP contribution < -0.4 is 9.64 Å². The van der Waals surface area contributed by atoms with Crippen LogP contribution in [0.25, 0.3) is 6.08 Å². The molecule has 1 aliphatic rings. The Hall–Kier alpha value is -1.76. The minimum absolute atomic E-state index is 0.199. The van der Waals surface area contributed by atoms with E-state index in [0.717, 1.165) is 5.76 Å². The lowest BCUT2D eigenvalue weighted by Gasteiger charge is -2.15. The maximum atomic E-state index is 12.6. The average Bonchev–Trinajstić information content (AvgIpc) is 3.03. The molecule has 23 heavy (non-hydrogen) atoms. The van der Waals surface area contributed by atoms with Gasteiger partial charge in [-0.05, 0) is 37.3 Å². The third-order valence-electron chi connectivity index (χ3n) is 3.22. The molecule has 0 spiro atoms. The normalized spacial score (nSPS) is 16.5. The summed E-state index contributed by atoms with van der Waals surface area (Å²) in [5.41, 5.74) is 0.609. The standard InChI is InChI=1S/C16H12ClNO3S2/c1-9-3-5-11(21-9)8-14-15(19)18(16(22)23-14)10-4-6-13(20-2)12(17)7-10/h3-8H,1-2H3. The van der Waals surface area contributed by atoms with Crippen molar-refractivity contribution < 1.29 is 13.9 Å². The molecule has 0 unspecified atom stereocenters. The van der Waals surface area contributed by atoms with Gasteiger partial charge in [-0.1, -0.05) is 35.6 Å². The van der Waals surface area contributed by atoms with E-state index in [4.69, 9.17) is 33.0 Å². The molecule has 7 heteroatoms. The molecule has 1 saturated heterocycles. The Morgan fingerprint density at radius 1 is 1.35 bits per heavy atom. The minimum Gasteiger partial charge on any atom is -0.495 e. The van der Waals surface area contributed by atoms with E-state index >= 15 is 0 Å². The van der Waals surface area contributed by atoms with E-state index in [1.165, 1.54) is 23.8 Å². The summed E-state index contributed by atoms with van der Waals surface area (Å²) in [6, 6.07) is 8.76. The number of methoxy groups -OCH3 is 1. The van der Waals surface area contributed by atoms with E-state index in [0.29, 0.717) is 31.4 Å². The summed E-state index contributed by atoms with van der Waals surface area (Å²) >= 11 is 12.7. The predicted octanol–water partition coefficient (Wildman–Crippen LogP) is 4.66. The molecular formula is C16H12ClNO3S2. The Balaban J connectivity index is 1.92. The van der Waals surface area contributed by atoms with Crippen molar-refractivity contribution in [2.24, 2.45) is 0 Å². The van der Waals surface area contributed by atoms with E-state index < -0.39 is 0 Å². The summed E-state index contributed by atoms with van der Waals surface area (Å²) in [6.07, 6.45) is 1.69. The van der Waals surface area contributed by atoms with Crippen molar-refractivity contribution in [2.45, 2.75) is 6.92 Å². The maximum Gasteiger partial charge on any atom is 0.270 e. The largest absolute Gasteiger partial charge is 0.495 e. The number of carbonyl (C=O) groups is 1. The first-order valence-electron chi connectivity index (χ1n) is 6.67. The van der Waals surface area contributed by atoms with E-state index in [1.54, 1.807) is 24.3 Å². The molecule has 0 radical (unpaired) electrons. The molecule has 0 aliphatic carbocycles. The molecule has 2 aromatic rings. The highest BCUT2D eigenvalue weighted by atomic mass is 35.5. The number of furan rings is 1. The van der Waals surface area contributed by atoms with Crippen LogP contribution in [0.15, 0.2) is 39.7 Å². The van der Waals surface area contributed by atoms with E-state index in [2.05, 4.69) is 0 Å². The lowest BCUT2D eigenvalue weighted by molar-refractivity contribution is -0.113. The van der Waals surface area contributed by atoms with Crippen molar-refractivity contribution in [2.75, 3.05) is 12.0 Å². The van der Waals surface area contributed by atoms with Crippen LogP contribution in [0.2, 0.25) is 5.02 Å². The molecule has 0 atom stereocenters. The quantitative estimate of drug-likeness (QED) is 0.584. The highest BCUT2D eigenvalue weighted by Gasteiger charge is 2.33. The van der Waals surface area contributed by atoms with E-state index in [9.17, 15) is 4.79 Å². The first kappa shape index (κ1) is 16.1. The fourth-order valence-electron chi connectivity index (χ4n) is 2.14. The van der Waals surface area contributed by atoms with Crippen molar-refractivity contribution >= 4 is 57.6 Å². The number of anilines is 1. The number of hydrogen-bond acceptors (Lipinski definition) is 5. The van der Waals surface area contributed by atoms with Gasteiger partial charge in [0.2, 0.25) is 0 Å². The summed E-state index contributed by atoms with van der Waals surface area (Å²) in [5.74, 6) is 1.75. The smallest absolute Gasteiger partial charge is 0.270 e. The molecule has 118 valence electrons. The SMILES string of the molecule is COc1ccc(N2C(=O)C(=Cc3ccc(C)o3)SC2=S)cc1Cl. The van der Waals surface area contributed by atoms with Gasteiger partial charge < -0.3 is 9.15 Å². The first-order chi connectivity index (χ1) is 11.0.